The molecule has 0 unspecified atom stereocenters. The maximum Gasteiger partial charge on any atom is 0.116 e. The smallest absolute Gasteiger partial charge is 0.116 e. The average Bonchev–Trinajstić information content (AvgIpc) is 3.20. The molecule has 0 saturated heterocycles. The molecule has 0 fully saturated rings. The molecule has 4 aromatic rings. The van der Waals surface area contributed by atoms with Gasteiger partial charge in [-0.2, -0.15) is 31.7 Å². The summed E-state index contributed by atoms with van der Waals surface area (Å²) in [5, 5.41) is 30.5. The zero-order chi connectivity index (χ0) is 21.4. The van der Waals surface area contributed by atoms with Gasteiger partial charge in [0.25, 0.3) is 0 Å². The van der Waals surface area contributed by atoms with E-state index in [1.165, 1.54) is 10.8 Å². The maximum atomic E-state index is 9.13. The van der Waals surface area contributed by atoms with Gasteiger partial charge in [-0.25, -0.2) is 0 Å². The standard InChI is InChI=1S/C10H8O.C9H7.C2H6Si.2CH3O.Ti/c11-10-6-5-8-3-1-2-4-9(8)7-10;1-2-5-9-7-3-6-8(9)4-1;1-3-2;2*1-2;/h1-7,11H;1-7H;1-2H3;2*1H3;/q;-1;;2*-1;+2. The second kappa shape index (κ2) is 16.2. The van der Waals surface area contributed by atoms with Gasteiger partial charge in [0.1, 0.15) is 5.75 Å². The normalized spacial score (nSPS) is 8.71. The first-order valence-electron chi connectivity index (χ1n) is 8.68. The van der Waals surface area contributed by atoms with Crippen LogP contribution in [0, 0.1) is 0 Å². The quantitative estimate of drug-likeness (QED) is 0.343. The van der Waals surface area contributed by atoms with Crippen LogP contribution in [0.1, 0.15) is 0 Å². The molecule has 0 heterocycles. The summed E-state index contributed by atoms with van der Waals surface area (Å²) in [5.41, 5.74) is 0. The van der Waals surface area contributed by atoms with E-state index in [0.29, 0.717) is 5.75 Å². The predicted octanol–water partition coefficient (Wildman–Crippen LogP) is 3.84. The maximum absolute atomic E-state index is 9.13. The van der Waals surface area contributed by atoms with Gasteiger partial charge < -0.3 is 15.3 Å². The van der Waals surface area contributed by atoms with E-state index >= 15 is 0 Å². The fourth-order valence-electron chi connectivity index (χ4n) is 2.25. The summed E-state index contributed by atoms with van der Waals surface area (Å²) >= 11 is 2.27. The Morgan fingerprint density at radius 1 is 0.750 bits per heavy atom. The van der Waals surface area contributed by atoms with Crippen LogP contribution >= 0.6 is 0 Å². The number of benzene rings is 3. The molecule has 0 aliphatic carbocycles. The summed E-state index contributed by atoms with van der Waals surface area (Å²) in [5.74, 6) is 0.323. The molecule has 28 heavy (non-hydrogen) atoms. The average molecular weight is 427 g/mol. The third-order valence-corrected chi connectivity index (χ3v) is 3.28. The Morgan fingerprint density at radius 3 is 1.82 bits per heavy atom. The summed E-state index contributed by atoms with van der Waals surface area (Å²) < 4.78 is 0. The fourth-order valence-corrected chi connectivity index (χ4v) is 2.25. The first kappa shape index (κ1) is 26.2. The van der Waals surface area contributed by atoms with E-state index in [1.54, 1.807) is 12.1 Å². The van der Waals surface area contributed by atoms with Crippen molar-refractivity contribution < 1.29 is 34.5 Å². The van der Waals surface area contributed by atoms with Crippen molar-refractivity contribution >= 4 is 27.7 Å². The van der Waals surface area contributed by atoms with Crippen molar-refractivity contribution in [1.82, 2.24) is 0 Å². The molecule has 4 rings (SSSR count). The van der Waals surface area contributed by atoms with Gasteiger partial charge in [-0.05, 0) is 22.9 Å². The van der Waals surface area contributed by atoms with Crippen molar-refractivity contribution in [2.45, 2.75) is 13.1 Å². The Morgan fingerprint density at radius 2 is 1.25 bits per heavy atom. The molecule has 0 saturated carbocycles. The topological polar surface area (TPSA) is 66.3 Å². The molecule has 4 aromatic carbocycles. The van der Waals surface area contributed by atoms with Gasteiger partial charge in [0, 0.05) is 0 Å². The van der Waals surface area contributed by atoms with Gasteiger partial charge in [-0.3, -0.25) is 0 Å². The number of phenolic OH excluding ortho intramolecular Hbond substituents is 1. The molecule has 0 radical (unpaired) electrons. The van der Waals surface area contributed by atoms with Gasteiger partial charge in [-0.15, -0.1) is 29.7 Å². The number of hydrogen-bond acceptors (Lipinski definition) is 3. The van der Waals surface area contributed by atoms with Crippen molar-refractivity contribution in [2.75, 3.05) is 14.2 Å². The van der Waals surface area contributed by atoms with Crippen LogP contribution in [0.25, 0.3) is 21.5 Å². The number of hydrogen-bond donors (Lipinski definition) is 1. The predicted molar refractivity (Wildman–Crippen MR) is 114 cm³/mol. The van der Waals surface area contributed by atoms with Crippen LogP contribution in [-0.2, 0) is 19.2 Å². The molecule has 0 amide bonds. The zero-order valence-corrected chi connectivity index (χ0v) is 19.4. The van der Waals surface area contributed by atoms with Crippen molar-refractivity contribution in [3.05, 3.63) is 84.9 Å². The second-order valence-corrected chi connectivity index (χ2v) is 12.4. The molecule has 1 N–H and O–H groups in total. The number of fused-ring (bicyclic) bond motifs is 2. The largest absolute Gasteiger partial charge is 0.508 e. The molecule has 3 nitrogen and oxygen atoms in total. The summed E-state index contributed by atoms with van der Waals surface area (Å²) in [4.78, 5) is 0. The third-order valence-electron chi connectivity index (χ3n) is 3.28. The Kier molecular flexibility index (Phi) is 15.1. The van der Waals surface area contributed by atoms with E-state index in [4.69, 9.17) is 15.3 Å². The number of aromatic hydroxyl groups is 1. The van der Waals surface area contributed by atoms with E-state index in [0.717, 1.165) is 25.0 Å². The van der Waals surface area contributed by atoms with Crippen molar-refractivity contribution in [2.24, 2.45) is 0 Å². The number of phenols is 1. The van der Waals surface area contributed by atoms with Crippen LogP contribution in [0.3, 0.4) is 0 Å². The van der Waals surface area contributed by atoms with Gasteiger partial charge in [0.05, 0.1) is 0 Å². The van der Waals surface area contributed by atoms with E-state index in [9.17, 15) is 0 Å². The molecule has 0 atom stereocenters. The van der Waals surface area contributed by atoms with Crippen molar-refractivity contribution in [1.29, 1.82) is 0 Å². The van der Waals surface area contributed by atoms with Crippen LogP contribution in [-0.4, -0.2) is 25.5 Å². The first-order chi connectivity index (χ1) is 13.6. The van der Waals surface area contributed by atoms with Crippen LogP contribution in [0.2, 0.25) is 13.1 Å². The molecule has 0 aliphatic rings. The van der Waals surface area contributed by atoms with Crippen LogP contribution in [0.5, 0.6) is 5.75 Å². The van der Waals surface area contributed by atoms with Gasteiger partial charge in [-0.1, -0.05) is 36.4 Å². The summed E-state index contributed by atoms with van der Waals surface area (Å²) in [7, 11) is 1.50. The van der Waals surface area contributed by atoms with Crippen molar-refractivity contribution in [3.8, 4) is 5.75 Å². The molecular formula is C23H27O3SiTi-. The van der Waals surface area contributed by atoms with Crippen LogP contribution in [0.15, 0.2) is 84.9 Å². The minimum Gasteiger partial charge on any atom is -0.508 e. The van der Waals surface area contributed by atoms with E-state index in [1.807, 2.05) is 30.3 Å². The molecule has 5 heteroatoms. The first-order valence-corrected chi connectivity index (χ1v) is 13.5. The molecule has 146 valence electrons. The van der Waals surface area contributed by atoms with Gasteiger partial charge >= 0.3 is 38.5 Å². The van der Waals surface area contributed by atoms with E-state index < -0.39 is 0 Å². The van der Waals surface area contributed by atoms with E-state index in [-0.39, 0.29) is 6.19 Å². The Bertz CT molecular complexity index is 901. The van der Waals surface area contributed by atoms with E-state index in [2.05, 4.69) is 74.7 Å². The molecule has 0 spiro atoms. The second-order valence-electron chi connectivity index (χ2n) is 5.69. The van der Waals surface area contributed by atoms with Crippen molar-refractivity contribution in [3.63, 3.8) is 0 Å². The van der Waals surface area contributed by atoms with Gasteiger partial charge in [0.2, 0.25) is 0 Å². The Labute approximate surface area is 179 Å². The Balaban J connectivity index is 0.000000387. The Hall–Kier alpha value is -1.82. The zero-order valence-electron chi connectivity index (χ0n) is 16.8. The summed E-state index contributed by atoms with van der Waals surface area (Å²) in [6.45, 7) is 4.54. The van der Waals surface area contributed by atoms with Crippen LogP contribution in [0.4, 0.5) is 0 Å². The third kappa shape index (κ3) is 10.5. The SMILES string of the molecule is C[O-].C[O-].C[Si](C)=[Ti+2].Oc1ccc2ccccc2c1.c1ccc2[cH-]ccc2c1. The minimum absolute atomic E-state index is 0.120. The molecule has 0 bridgehead atoms. The minimum atomic E-state index is 0.120. The van der Waals surface area contributed by atoms with Crippen LogP contribution < -0.4 is 10.2 Å². The monoisotopic (exact) mass is 427 g/mol. The molecule has 0 aliphatic heterocycles. The summed E-state index contributed by atoms with van der Waals surface area (Å²) in [6, 6.07) is 28.0. The number of rotatable bonds is 0. The molecule has 0 aromatic heterocycles. The molecular weight excluding hydrogens is 400 g/mol. The summed E-state index contributed by atoms with van der Waals surface area (Å²) in [6.07, 6.45) is 0.120. The van der Waals surface area contributed by atoms with Gasteiger partial charge in [0.15, 0.2) is 0 Å². The fraction of sp³-hybridized carbons (Fsp3) is 0.174.